The van der Waals surface area contributed by atoms with E-state index in [4.69, 9.17) is 5.73 Å². The molecule has 1 aromatic carbocycles. The molecule has 1 heterocycles. The summed E-state index contributed by atoms with van der Waals surface area (Å²) in [5.41, 5.74) is 6.70. The van der Waals surface area contributed by atoms with Gasteiger partial charge in [0.1, 0.15) is 0 Å². The van der Waals surface area contributed by atoms with Crippen LogP contribution in [0.3, 0.4) is 0 Å². The Labute approximate surface area is 117 Å². The number of likely N-dealkylation sites (tertiary alicyclic amines) is 1. The van der Waals surface area contributed by atoms with Crippen LogP contribution in [0.1, 0.15) is 30.9 Å². The van der Waals surface area contributed by atoms with E-state index in [9.17, 15) is 13.2 Å². The van der Waals surface area contributed by atoms with E-state index in [1.165, 1.54) is 0 Å². The van der Waals surface area contributed by atoms with Crippen LogP contribution in [0.25, 0.3) is 0 Å². The smallest absolute Gasteiger partial charge is 0.330 e. The van der Waals surface area contributed by atoms with E-state index in [0.29, 0.717) is 25.9 Å². The summed E-state index contributed by atoms with van der Waals surface area (Å²) in [5, 5.41) is 0. The molecule has 2 atom stereocenters. The molecule has 0 saturated carbocycles. The third-order valence-electron chi connectivity index (χ3n) is 3.98. The van der Waals surface area contributed by atoms with Crippen molar-refractivity contribution in [3.8, 4) is 0 Å². The van der Waals surface area contributed by atoms with Gasteiger partial charge in [0.25, 0.3) is 0 Å². The fourth-order valence-corrected chi connectivity index (χ4v) is 2.95. The van der Waals surface area contributed by atoms with E-state index >= 15 is 0 Å². The zero-order valence-corrected chi connectivity index (χ0v) is 11.4. The third kappa shape index (κ3) is 3.73. The highest BCUT2D eigenvalue weighted by Gasteiger charge is 2.42. The lowest BCUT2D eigenvalue weighted by atomic mass is 9.93. The molecule has 1 saturated heterocycles. The van der Waals surface area contributed by atoms with Gasteiger partial charge in [0.15, 0.2) is 0 Å². The van der Waals surface area contributed by atoms with Crippen molar-refractivity contribution < 1.29 is 13.2 Å². The Morgan fingerprint density at radius 2 is 1.95 bits per heavy atom. The Hall–Kier alpha value is -1.07. The molecule has 2 nitrogen and oxygen atoms in total. The van der Waals surface area contributed by atoms with Crippen molar-refractivity contribution in [3.63, 3.8) is 0 Å². The number of halogens is 3. The quantitative estimate of drug-likeness (QED) is 0.919. The molecule has 1 aliphatic heterocycles. The Morgan fingerprint density at radius 1 is 1.25 bits per heavy atom. The highest BCUT2D eigenvalue weighted by Crippen LogP contribution is 2.36. The number of nitrogens with two attached hydrogens (primary N) is 1. The minimum absolute atomic E-state index is 0.00801. The maximum Gasteiger partial charge on any atom is 0.393 e. The summed E-state index contributed by atoms with van der Waals surface area (Å²) in [6, 6.07) is 9.69. The molecule has 2 unspecified atom stereocenters. The number of hydrogen-bond acceptors (Lipinski definition) is 2. The average Bonchev–Trinajstić information content (AvgIpc) is 2.45. The predicted octanol–water partition coefficient (Wildman–Crippen LogP) is 3.35. The van der Waals surface area contributed by atoms with E-state index in [2.05, 4.69) is 0 Å². The SMILES string of the molecule is NCCC(c1ccccc1)N1CCCC(C(F)(F)F)C1. The van der Waals surface area contributed by atoms with Gasteiger partial charge in [0.05, 0.1) is 5.92 Å². The molecule has 1 aromatic rings. The molecule has 2 rings (SSSR count). The summed E-state index contributed by atoms with van der Waals surface area (Å²) >= 11 is 0. The zero-order valence-electron chi connectivity index (χ0n) is 11.4. The normalized spacial score (nSPS) is 22.7. The monoisotopic (exact) mass is 286 g/mol. The van der Waals surface area contributed by atoms with Gasteiger partial charge in [0.2, 0.25) is 0 Å². The second-order valence-corrected chi connectivity index (χ2v) is 5.38. The van der Waals surface area contributed by atoms with Crippen LogP contribution in [0.2, 0.25) is 0 Å². The van der Waals surface area contributed by atoms with Gasteiger partial charge in [-0.25, -0.2) is 0 Å². The maximum absolute atomic E-state index is 12.9. The summed E-state index contributed by atoms with van der Waals surface area (Å²) in [5.74, 6) is -1.21. The Morgan fingerprint density at radius 3 is 2.55 bits per heavy atom. The van der Waals surface area contributed by atoms with Crippen molar-refractivity contribution in [2.75, 3.05) is 19.6 Å². The summed E-state index contributed by atoms with van der Waals surface area (Å²) in [6.45, 7) is 1.28. The van der Waals surface area contributed by atoms with Crippen molar-refractivity contribution in [2.24, 2.45) is 11.7 Å². The highest BCUT2D eigenvalue weighted by molar-refractivity contribution is 5.19. The van der Waals surface area contributed by atoms with Gasteiger partial charge in [-0.2, -0.15) is 13.2 Å². The predicted molar refractivity (Wildman–Crippen MR) is 73.2 cm³/mol. The van der Waals surface area contributed by atoms with Crippen molar-refractivity contribution in [1.82, 2.24) is 4.90 Å². The summed E-state index contributed by atoms with van der Waals surface area (Å²) in [4.78, 5) is 1.95. The summed E-state index contributed by atoms with van der Waals surface area (Å²) in [6.07, 6.45) is -2.57. The standard InChI is InChI=1S/C15H21F3N2/c16-15(17,18)13-7-4-10-20(11-13)14(8-9-19)12-5-2-1-3-6-12/h1-3,5-6,13-14H,4,7-11,19H2. The van der Waals surface area contributed by atoms with Gasteiger partial charge in [0, 0.05) is 12.6 Å². The topological polar surface area (TPSA) is 29.3 Å². The van der Waals surface area contributed by atoms with E-state index in [1.807, 2.05) is 35.2 Å². The van der Waals surface area contributed by atoms with Gasteiger partial charge >= 0.3 is 6.18 Å². The first-order valence-electron chi connectivity index (χ1n) is 7.08. The molecule has 20 heavy (non-hydrogen) atoms. The summed E-state index contributed by atoms with van der Waals surface area (Å²) < 4.78 is 38.7. The lowest BCUT2D eigenvalue weighted by Crippen LogP contribution is -2.43. The van der Waals surface area contributed by atoms with Gasteiger partial charge in [-0.3, -0.25) is 4.90 Å². The minimum Gasteiger partial charge on any atom is -0.330 e. The molecule has 5 heteroatoms. The van der Waals surface area contributed by atoms with Crippen LogP contribution in [-0.4, -0.2) is 30.7 Å². The number of alkyl halides is 3. The minimum atomic E-state index is -4.09. The average molecular weight is 286 g/mol. The first kappa shape index (κ1) is 15.3. The first-order chi connectivity index (χ1) is 9.52. The van der Waals surface area contributed by atoms with Crippen LogP contribution in [0.4, 0.5) is 13.2 Å². The molecular formula is C15H21F3N2. The van der Waals surface area contributed by atoms with Gasteiger partial charge < -0.3 is 5.73 Å². The third-order valence-corrected chi connectivity index (χ3v) is 3.98. The van der Waals surface area contributed by atoms with Crippen LogP contribution in [0, 0.1) is 5.92 Å². The molecule has 0 spiro atoms. The molecule has 0 amide bonds. The van der Waals surface area contributed by atoms with Crippen molar-refractivity contribution >= 4 is 0 Å². The highest BCUT2D eigenvalue weighted by atomic mass is 19.4. The molecular weight excluding hydrogens is 265 g/mol. The second kappa shape index (κ2) is 6.59. The fourth-order valence-electron chi connectivity index (χ4n) is 2.95. The van der Waals surface area contributed by atoms with E-state index in [-0.39, 0.29) is 19.0 Å². The molecule has 0 radical (unpaired) electrons. The maximum atomic E-state index is 12.9. The lowest BCUT2D eigenvalue weighted by Gasteiger charge is -2.39. The second-order valence-electron chi connectivity index (χ2n) is 5.38. The molecule has 1 fully saturated rings. The molecule has 112 valence electrons. The van der Waals surface area contributed by atoms with Crippen LogP contribution < -0.4 is 5.73 Å². The Bertz CT molecular complexity index is 405. The first-order valence-corrected chi connectivity index (χ1v) is 7.08. The van der Waals surface area contributed by atoms with Crippen LogP contribution in [0.5, 0.6) is 0 Å². The van der Waals surface area contributed by atoms with E-state index in [0.717, 1.165) is 5.56 Å². The van der Waals surface area contributed by atoms with E-state index < -0.39 is 12.1 Å². The number of hydrogen-bond donors (Lipinski definition) is 1. The fraction of sp³-hybridized carbons (Fsp3) is 0.600. The zero-order chi connectivity index (χ0) is 14.6. The van der Waals surface area contributed by atoms with Crippen LogP contribution in [0.15, 0.2) is 30.3 Å². The molecule has 0 bridgehead atoms. The number of rotatable bonds is 4. The largest absolute Gasteiger partial charge is 0.393 e. The Balaban J connectivity index is 2.13. The molecule has 2 N–H and O–H groups in total. The van der Waals surface area contributed by atoms with Gasteiger partial charge in [-0.15, -0.1) is 0 Å². The summed E-state index contributed by atoms with van der Waals surface area (Å²) in [7, 11) is 0. The van der Waals surface area contributed by atoms with Crippen LogP contribution in [-0.2, 0) is 0 Å². The number of nitrogens with zero attached hydrogens (tertiary/aromatic N) is 1. The van der Waals surface area contributed by atoms with E-state index in [1.54, 1.807) is 0 Å². The van der Waals surface area contributed by atoms with Crippen LogP contribution >= 0.6 is 0 Å². The van der Waals surface area contributed by atoms with Gasteiger partial charge in [-0.1, -0.05) is 30.3 Å². The number of piperidine rings is 1. The van der Waals surface area contributed by atoms with Crippen molar-refractivity contribution in [1.29, 1.82) is 0 Å². The van der Waals surface area contributed by atoms with Crippen molar-refractivity contribution in [3.05, 3.63) is 35.9 Å². The Kier molecular flexibility index (Phi) is 5.05. The molecule has 0 aromatic heterocycles. The molecule has 1 aliphatic rings. The molecule has 0 aliphatic carbocycles. The van der Waals surface area contributed by atoms with Gasteiger partial charge in [-0.05, 0) is 37.9 Å². The number of benzene rings is 1. The van der Waals surface area contributed by atoms with Crippen molar-refractivity contribution in [2.45, 2.75) is 31.5 Å². The lowest BCUT2D eigenvalue weighted by molar-refractivity contribution is -0.188.